The highest BCUT2D eigenvalue weighted by Gasteiger charge is 2.24. The minimum Gasteiger partial charge on any atom is -0.339 e. The number of nitrogens with zero attached hydrogens (tertiary/aromatic N) is 4. The zero-order chi connectivity index (χ0) is 19.0. The number of hydrogen-bond donors (Lipinski definition) is 1. The lowest BCUT2D eigenvalue weighted by Gasteiger charge is -2.35. The van der Waals surface area contributed by atoms with Crippen LogP contribution in [-0.4, -0.2) is 46.7 Å². The Kier molecular flexibility index (Phi) is 4.48. The fourth-order valence-corrected chi connectivity index (χ4v) is 3.67. The molecule has 6 heteroatoms. The molecule has 1 N–H and O–H groups in total. The van der Waals surface area contributed by atoms with Crippen molar-refractivity contribution in [3.05, 3.63) is 53.6 Å². The van der Waals surface area contributed by atoms with E-state index >= 15 is 0 Å². The number of anilines is 2. The molecule has 0 radical (unpaired) electrons. The van der Waals surface area contributed by atoms with Gasteiger partial charge in [0, 0.05) is 38.9 Å². The van der Waals surface area contributed by atoms with Crippen molar-refractivity contribution >= 4 is 28.7 Å². The second-order valence-corrected chi connectivity index (χ2v) is 7.18. The minimum absolute atomic E-state index is 0.0356. The number of benzene rings is 2. The van der Waals surface area contributed by atoms with Gasteiger partial charge in [-0.2, -0.15) is 0 Å². The highest BCUT2D eigenvalue weighted by atomic mass is 16.2. The van der Waals surface area contributed by atoms with E-state index in [4.69, 9.17) is 4.98 Å². The van der Waals surface area contributed by atoms with E-state index in [-0.39, 0.29) is 6.03 Å². The Balaban J connectivity index is 1.42. The fourth-order valence-electron chi connectivity index (χ4n) is 3.67. The molecule has 0 spiro atoms. The van der Waals surface area contributed by atoms with Gasteiger partial charge in [0.25, 0.3) is 0 Å². The maximum atomic E-state index is 12.6. The summed E-state index contributed by atoms with van der Waals surface area (Å²) in [7, 11) is 2.05. The molecule has 0 unspecified atom stereocenters. The average molecular weight is 363 g/mol. The third-order valence-electron chi connectivity index (χ3n) is 5.24. The van der Waals surface area contributed by atoms with E-state index in [1.54, 1.807) is 0 Å². The number of carbonyl (C=O) groups excluding carboxylic acids is 1. The molecule has 1 aliphatic rings. The summed E-state index contributed by atoms with van der Waals surface area (Å²) in [5.41, 5.74) is 5.29. The standard InChI is InChI=1S/C21H25N5O/c1-15-8-9-17(16(2)14-15)23-21(27)26-12-10-25(11-13-26)20-22-18-6-4-5-7-19(18)24(20)3/h4-9,14H,10-13H2,1-3H3,(H,23,27). The second-order valence-electron chi connectivity index (χ2n) is 7.18. The van der Waals surface area contributed by atoms with Crippen LogP contribution in [0.1, 0.15) is 11.1 Å². The van der Waals surface area contributed by atoms with Crippen molar-refractivity contribution < 1.29 is 4.79 Å². The van der Waals surface area contributed by atoms with E-state index in [1.807, 2.05) is 49.2 Å². The lowest BCUT2D eigenvalue weighted by molar-refractivity contribution is 0.208. The SMILES string of the molecule is Cc1ccc(NC(=O)N2CCN(c3nc4ccccc4n3C)CC2)c(C)c1. The molecule has 2 aromatic carbocycles. The number of fused-ring (bicyclic) bond motifs is 1. The molecule has 1 aromatic heterocycles. The van der Waals surface area contributed by atoms with E-state index in [0.29, 0.717) is 13.1 Å². The van der Waals surface area contributed by atoms with Gasteiger partial charge < -0.3 is 19.7 Å². The van der Waals surface area contributed by atoms with Crippen molar-refractivity contribution in [2.45, 2.75) is 13.8 Å². The number of urea groups is 1. The molecule has 2 heterocycles. The number of carbonyl (C=O) groups is 1. The molecule has 4 rings (SSSR count). The molecule has 140 valence electrons. The first kappa shape index (κ1) is 17.4. The highest BCUT2D eigenvalue weighted by Crippen LogP contribution is 2.22. The summed E-state index contributed by atoms with van der Waals surface area (Å²) < 4.78 is 2.13. The zero-order valence-electron chi connectivity index (χ0n) is 16.1. The number of rotatable bonds is 2. The molecule has 6 nitrogen and oxygen atoms in total. The topological polar surface area (TPSA) is 53.4 Å². The summed E-state index contributed by atoms with van der Waals surface area (Å²) in [6, 6.07) is 14.2. The lowest BCUT2D eigenvalue weighted by atomic mass is 10.1. The van der Waals surface area contributed by atoms with Crippen molar-refractivity contribution in [1.82, 2.24) is 14.5 Å². The Morgan fingerprint density at radius 2 is 1.78 bits per heavy atom. The summed E-state index contributed by atoms with van der Waals surface area (Å²) in [6.45, 7) is 6.99. The van der Waals surface area contributed by atoms with Crippen molar-refractivity contribution in [3.8, 4) is 0 Å². The first-order valence-corrected chi connectivity index (χ1v) is 9.32. The van der Waals surface area contributed by atoms with Crippen LogP contribution in [0.2, 0.25) is 0 Å². The number of imidazole rings is 1. The number of para-hydroxylation sites is 2. The Labute approximate surface area is 159 Å². The molecule has 27 heavy (non-hydrogen) atoms. The highest BCUT2D eigenvalue weighted by molar-refractivity contribution is 5.90. The Bertz CT molecular complexity index is 985. The largest absolute Gasteiger partial charge is 0.339 e. The van der Waals surface area contributed by atoms with Crippen molar-refractivity contribution in [3.63, 3.8) is 0 Å². The number of nitrogens with one attached hydrogen (secondary N) is 1. The Morgan fingerprint density at radius 1 is 1.04 bits per heavy atom. The molecule has 0 atom stereocenters. The third-order valence-corrected chi connectivity index (χ3v) is 5.24. The molecule has 0 saturated carbocycles. The van der Waals surface area contributed by atoms with Gasteiger partial charge in [0.05, 0.1) is 11.0 Å². The van der Waals surface area contributed by atoms with Gasteiger partial charge >= 0.3 is 6.03 Å². The van der Waals surface area contributed by atoms with E-state index in [0.717, 1.165) is 41.3 Å². The van der Waals surface area contributed by atoms with Gasteiger partial charge in [0.2, 0.25) is 5.95 Å². The van der Waals surface area contributed by atoms with Crippen LogP contribution in [0.25, 0.3) is 11.0 Å². The molecule has 3 aromatic rings. The first-order chi connectivity index (χ1) is 13.0. The summed E-state index contributed by atoms with van der Waals surface area (Å²) in [4.78, 5) is 21.5. The molecule has 2 amide bonds. The van der Waals surface area contributed by atoms with Crippen molar-refractivity contribution in [2.24, 2.45) is 7.05 Å². The van der Waals surface area contributed by atoms with Crippen molar-refractivity contribution in [2.75, 3.05) is 36.4 Å². The summed E-state index contributed by atoms with van der Waals surface area (Å²) in [5.74, 6) is 0.964. The minimum atomic E-state index is -0.0356. The average Bonchev–Trinajstić information content (AvgIpc) is 3.01. The van der Waals surface area contributed by atoms with Gasteiger partial charge in [0.1, 0.15) is 0 Å². The number of aromatic nitrogens is 2. The number of amides is 2. The molecule has 1 fully saturated rings. The Morgan fingerprint density at radius 3 is 2.48 bits per heavy atom. The van der Waals surface area contributed by atoms with Gasteiger partial charge in [-0.25, -0.2) is 9.78 Å². The van der Waals surface area contributed by atoms with Gasteiger partial charge in [-0.1, -0.05) is 29.8 Å². The van der Waals surface area contributed by atoms with E-state index < -0.39 is 0 Å². The van der Waals surface area contributed by atoms with Gasteiger partial charge in [-0.15, -0.1) is 0 Å². The fraction of sp³-hybridized carbons (Fsp3) is 0.333. The summed E-state index contributed by atoms with van der Waals surface area (Å²) in [6.07, 6.45) is 0. The quantitative estimate of drug-likeness (QED) is 0.758. The van der Waals surface area contributed by atoms with Crippen LogP contribution in [0.15, 0.2) is 42.5 Å². The van der Waals surface area contributed by atoms with Crippen LogP contribution in [0, 0.1) is 13.8 Å². The number of hydrogen-bond acceptors (Lipinski definition) is 3. The van der Waals surface area contributed by atoms with E-state index in [1.165, 1.54) is 5.56 Å². The van der Waals surface area contributed by atoms with Gasteiger partial charge in [-0.3, -0.25) is 0 Å². The lowest BCUT2D eigenvalue weighted by Crippen LogP contribution is -2.50. The number of aryl methyl sites for hydroxylation is 3. The third kappa shape index (κ3) is 3.35. The summed E-state index contributed by atoms with van der Waals surface area (Å²) >= 11 is 0. The van der Waals surface area contributed by atoms with Crippen LogP contribution in [0.4, 0.5) is 16.4 Å². The number of piperazine rings is 1. The normalized spacial score (nSPS) is 14.6. The predicted octanol–water partition coefficient (Wildman–Crippen LogP) is 3.54. The molecule has 1 saturated heterocycles. The summed E-state index contributed by atoms with van der Waals surface area (Å²) in [5, 5.41) is 3.04. The van der Waals surface area contributed by atoms with Crippen LogP contribution in [0.3, 0.4) is 0 Å². The molecular weight excluding hydrogens is 338 g/mol. The molecule has 1 aliphatic heterocycles. The molecule has 0 aliphatic carbocycles. The molecular formula is C21H25N5O. The maximum absolute atomic E-state index is 12.6. The molecule has 0 bridgehead atoms. The Hall–Kier alpha value is -3.02. The smallest absolute Gasteiger partial charge is 0.321 e. The van der Waals surface area contributed by atoms with Crippen molar-refractivity contribution in [1.29, 1.82) is 0 Å². The first-order valence-electron chi connectivity index (χ1n) is 9.32. The van der Waals surface area contributed by atoms with Crippen LogP contribution in [-0.2, 0) is 7.05 Å². The van der Waals surface area contributed by atoms with E-state index in [9.17, 15) is 4.79 Å². The van der Waals surface area contributed by atoms with Crippen LogP contribution in [0.5, 0.6) is 0 Å². The maximum Gasteiger partial charge on any atom is 0.321 e. The predicted molar refractivity (Wildman–Crippen MR) is 109 cm³/mol. The van der Waals surface area contributed by atoms with Crippen LogP contribution >= 0.6 is 0 Å². The second kappa shape index (κ2) is 6.95. The zero-order valence-corrected chi connectivity index (χ0v) is 16.1. The monoisotopic (exact) mass is 363 g/mol. The van der Waals surface area contributed by atoms with Gasteiger partial charge in [-0.05, 0) is 37.6 Å². The van der Waals surface area contributed by atoms with Crippen LogP contribution < -0.4 is 10.2 Å². The van der Waals surface area contributed by atoms with E-state index in [2.05, 4.69) is 33.8 Å². The van der Waals surface area contributed by atoms with Gasteiger partial charge in [0.15, 0.2) is 0 Å².